The van der Waals surface area contributed by atoms with Crippen molar-refractivity contribution in [2.45, 2.75) is 43.6 Å². The monoisotopic (exact) mass is 274 g/mol. The Bertz CT molecular complexity index is 490. The molecule has 0 spiro atoms. The summed E-state index contributed by atoms with van der Waals surface area (Å²) in [6.07, 6.45) is 5.15. The molecule has 0 aliphatic heterocycles. The summed E-state index contributed by atoms with van der Waals surface area (Å²) in [5, 5.41) is 9.24. The molecule has 20 heavy (non-hydrogen) atoms. The van der Waals surface area contributed by atoms with Crippen molar-refractivity contribution < 1.29 is 9.90 Å². The Balaban J connectivity index is 1.82. The average Bonchev–Trinajstić information content (AvgIpc) is 3.18. The van der Waals surface area contributed by atoms with Gasteiger partial charge in [0.2, 0.25) is 5.91 Å². The fourth-order valence-electron chi connectivity index (χ4n) is 3.08. The normalized spacial score (nSPS) is 20.2. The van der Waals surface area contributed by atoms with Crippen LogP contribution in [0.15, 0.2) is 24.3 Å². The van der Waals surface area contributed by atoms with E-state index in [0.29, 0.717) is 12.6 Å². The first kappa shape index (κ1) is 13.4. The molecule has 0 atom stereocenters. The molecule has 0 aromatic heterocycles. The lowest BCUT2D eigenvalue weighted by Gasteiger charge is -2.39. The highest BCUT2D eigenvalue weighted by atomic mass is 16.3. The van der Waals surface area contributed by atoms with Crippen LogP contribution in [0.2, 0.25) is 0 Å². The lowest BCUT2D eigenvalue weighted by atomic mass is 9.88. The lowest BCUT2D eigenvalue weighted by molar-refractivity contribution is -0.138. The van der Waals surface area contributed by atoms with Gasteiger partial charge in [-0.25, -0.2) is 0 Å². The molecule has 1 amide bonds. The van der Waals surface area contributed by atoms with Gasteiger partial charge < -0.3 is 15.7 Å². The van der Waals surface area contributed by atoms with Gasteiger partial charge in [0.05, 0.1) is 12.0 Å². The molecule has 3 rings (SSSR count). The van der Waals surface area contributed by atoms with Crippen LogP contribution in [-0.2, 0) is 10.2 Å². The summed E-state index contributed by atoms with van der Waals surface area (Å²) in [6, 6.07) is 8.00. The van der Waals surface area contributed by atoms with E-state index in [1.165, 1.54) is 6.42 Å². The van der Waals surface area contributed by atoms with Gasteiger partial charge in [0, 0.05) is 18.3 Å². The van der Waals surface area contributed by atoms with Crippen LogP contribution in [0.3, 0.4) is 0 Å². The molecule has 4 heteroatoms. The Morgan fingerprint density at radius 2 is 1.95 bits per heavy atom. The van der Waals surface area contributed by atoms with Gasteiger partial charge in [-0.15, -0.1) is 0 Å². The minimum absolute atomic E-state index is 0.0417. The second kappa shape index (κ2) is 5.09. The number of benzene rings is 1. The molecule has 108 valence electrons. The number of nitrogens with zero attached hydrogens (tertiary/aromatic N) is 1. The fraction of sp³-hybridized carbons (Fsp3) is 0.562. The first-order valence-corrected chi connectivity index (χ1v) is 7.45. The van der Waals surface area contributed by atoms with Crippen LogP contribution < -0.4 is 5.73 Å². The highest BCUT2D eigenvalue weighted by molar-refractivity contribution is 5.91. The largest absolute Gasteiger partial charge is 0.399 e. The lowest BCUT2D eigenvalue weighted by Crippen LogP contribution is -2.49. The van der Waals surface area contributed by atoms with Gasteiger partial charge >= 0.3 is 0 Å². The number of anilines is 1. The van der Waals surface area contributed by atoms with Gasteiger partial charge in [-0.05, 0) is 49.8 Å². The van der Waals surface area contributed by atoms with Gasteiger partial charge in [-0.1, -0.05) is 12.1 Å². The van der Waals surface area contributed by atoms with E-state index in [4.69, 9.17) is 5.73 Å². The molecule has 0 unspecified atom stereocenters. The minimum atomic E-state index is -0.349. The summed E-state index contributed by atoms with van der Waals surface area (Å²) in [7, 11) is 0. The van der Waals surface area contributed by atoms with Crippen LogP contribution in [0.4, 0.5) is 5.69 Å². The van der Waals surface area contributed by atoms with Crippen molar-refractivity contribution in [2.75, 3.05) is 18.9 Å². The maximum Gasteiger partial charge on any atom is 0.233 e. The predicted octanol–water partition coefficient (Wildman–Crippen LogP) is 1.67. The third-order valence-corrected chi connectivity index (χ3v) is 4.74. The van der Waals surface area contributed by atoms with E-state index in [2.05, 4.69) is 0 Å². The average molecular weight is 274 g/mol. The number of carbonyl (C=O) groups excluding carboxylic acids is 1. The van der Waals surface area contributed by atoms with E-state index in [1.807, 2.05) is 29.2 Å². The van der Waals surface area contributed by atoms with Gasteiger partial charge in [0.25, 0.3) is 0 Å². The Morgan fingerprint density at radius 1 is 1.30 bits per heavy atom. The van der Waals surface area contributed by atoms with Crippen LogP contribution in [0.1, 0.15) is 37.7 Å². The zero-order chi connectivity index (χ0) is 14.2. The van der Waals surface area contributed by atoms with Crippen molar-refractivity contribution in [3.8, 4) is 0 Å². The van der Waals surface area contributed by atoms with E-state index in [0.717, 1.165) is 36.9 Å². The number of carbonyl (C=O) groups is 1. The Kier molecular flexibility index (Phi) is 3.42. The second-order valence-corrected chi connectivity index (χ2v) is 6.01. The Hall–Kier alpha value is -1.55. The van der Waals surface area contributed by atoms with Crippen LogP contribution in [-0.4, -0.2) is 35.1 Å². The topological polar surface area (TPSA) is 66.6 Å². The summed E-state index contributed by atoms with van der Waals surface area (Å²) in [5.41, 5.74) is 7.17. The van der Waals surface area contributed by atoms with Crippen LogP contribution in [0, 0.1) is 0 Å². The molecular weight excluding hydrogens is 252 g/mol. The van der Waals surface area contributed by atoms with Crippen molar-refractivity contribution in [1.29, 1.82) is 0 Å². The van der Waals surface area contributed by atoms with E-state index >= 15 is 0 Å². The zero-order valence-corrected chi connectivity index (χ0v) is 11.7. The highest BCUT2D eigenvalue weighted by Crippen LogP contribution is 2.50. The smallest absolute Gasteiger partial charge is 0.233 e. The van der Waals surface area contributed by atoms with Gasteiger partial charge in [-0.3, -0.25) is 4.79 Å². The summed E-state index contributed by atoms with van der Waals surface area (Å²) in [5.74, 6) is 0.195. The van der Waals surface area contributed by atoms with Crippen LogP contribution in [0.25, 0.3) is 0 Å². The first-order chi connectivity index (χ1) is 9.67. The number of amides is 1. The molecule has 2 aliphatic rings. The van der Waals surface area contributed by atoms with Crippen molar-refractivity contribution >= 4 is 11.6 Å². The number of rotatable bonds is 5. The maximum atomic E-state index is 12.9. The minimum Gasteiger partial charge on any atom is -0.399 e. The standard InChI is InChI=1S/C16H22N2O2/c17-13-6-4-12(5-7-13)16(8-9-16)15(20)18(10-11-19)14-2-1-3-14/h4-7,14,19H,1-3,8-11,17H2. The molecule has 4 nitrogen and oxygen atoms in total. The molecular formula is C16H22N2O2. The third kappa shape index (κ3) is 2.18. The van der Waals surface area contributed by atoms with Crippen molar-refractivity contribution in [3.05, 3.63) is 29.8 Å². The van der Waals surface area contributed by atoms with Gasteiger partial charge in [0.15, 0.2) is 0 Å². The summed E-state index contributed by atoms with van der Waals surface area (Å²) < 4.78 is 0. The number of nitrogens with two attached hydrogens (primary N) is 1. The molecule has 3 N–H and O–H groups in total. The number of nitrogen functional groups attached to an aromatic ring is 1. The fourth-order valence-corrected chi connectivity index (χ4v) is 3.08. The van der Waals surface area contributed by atoms with E-state index in [-0.39, 0.29) is 17.9 Å². The number of aliphatic hydroxyl groups excluding tert-OH is 1. The number of hydrogen-bond acceptors (Lipinski definition) is 3. The van der Waals surface area contributed by atoms with Crippen LogP contribution in [0.5, 0.6) is 0 Å². The molecule has 1 aromatic rings. The van der Waals surface area contributed by atoms with Gasteiger partial charge in [-0.2, -0.15) is 0 Å². The molecule has 1 aromatic carbocycles. The van der Waals surface area contributed by atoms with Crippen molar-refractivity contribution in [1.82, 2.24) is 4.90 Å². The molecule has 2 saturated carbocycles. The Labute approximate surface area is 119 Å². The molecule has 0 bridgehead atoms. The van der Waals surface area contributed by atoms with Gasteiger partial charge in [0.1, 0.15) is 0 Å². The van der Waals surface area contributed by atoms with Crippen LogP contribution >= 0.6 is 0 Å². The molecule has 0 saturated heterocycles. The highest BCUT2D eigenvalue weighted by Gasteiger charge is 2.54. The molecule has 2 aliphatic carbocycles. The second-order valence-electron chi connectivity index (χ2n) is 6.01. The summed E-state index contributed by atoms with van der Waals surface area (Å²) in [6.45, 7) is 0.500. The van der Waals surface area contributed by atoms with E-state index in [9.17, 15) is 9.90 Å². The molecule has 2 fully saturated rings. The first-order valence-electron chi connectivity index (χ1n) is 7.45. The molecule has 0 heterocycles. The maximum absolute atomic E-state index is 12.9. The SMILES string of the molecule is Nc1ccc(C2(C(=O)N(CCO)C3CCC3)CC2)cc1. The summed E-state index contributed by atoms with van der Waals surface area (Å²) >= 11 is 0. The van der Waals surface area contributed by atoms with E-state index in [1.54, 1.807) is 0 Å². The van der Waals surface area contributed by atoms with Crippen molar-refractivity contribution in [2.24, 2.45) is 0 Å². The quantitative estimate of drug-likeness (QED) is 0.803. The summed E-state index contributed by atoms with van der Waals surface area (Å²) in [4.78, 5) is 14.8. The van der Waals surface area contributed by atoms with Crippen molar-refractivity contribution in [3.63, 3.8) is 0 Å². The third-order valence-electron chi connectivity index (χ3n) is 4.74. The number of hydrogen-bond donors (Lipinski definition) is 2. The Morgan fingerprint density at radius 3 is 2.40 bits per heavy atom. The molecule has 0 radical (unpaired) electrons. The number of aliphatic hydroxyl groups is 1. The zero-order valence-electron chi connectivity index (χ0n) is 11.7. The van der Waals surface area contributed by atoms with E-state index < -0.39 is 0 Å². The predicted molar refractivity (Wildman–Crippen MR) is 78.2 cm³/mol.